The quantitative estimate of drug-likeness (QED) is 0.768. The first-order valence-electron chi connectivity index (χ1n) is 6.25. The van der Waals surface area contributed by atoms with E-state index in [0.717, 1.165) is 11.3 Å². The Morgan fingerprint density at radius 1 is 1.21 bits per heavy atom. The minimum absolute atomic E-state index is 0.103. The molecule has 0 fully saturated rings. The second-order valence-electron chi connectivity index (χ2n) is 4.37. The van der Waals surface area contributed by atoms with Crippen LogP contribution in [0.15, 0.2) is 42.5 Å². The molecule has 0 radical (unpaired) electrons. The molecule has 0 atom stereocenters. The number of hydrogen-bond donors (Lipinski definition) is 0. The van der Waals surface area contributed by atoms with Crippen molar-refractivity contribution in [3.63, 3.8) is 0 Å². The minimum atomic E-state index is -0.487. The second kappa shape index (κ2) is 5.65. The van der Waals surface area contributed by atoms with E-state index in [4.69, 9.17) is 0 Å². The normalized spacial score (nSPS) is 10.3. The van der Waals surface area contributed by atoms with Gasteiger partial charge in [0, 0.05) is 12.2 Å². The van der Waals surface area contributed by atoms with E-state index in [-0.39, 0.29) is 5.56 Å². The number of nitrogens with zero attached hydrogens (tertiary/aromatic N) is 1. The molecule has 2 aromatic carbocycles. The maximum atomic E-state index is 13.7. The highest BCUT2D eigenvalue weighted by Gasteiger charge is 2.14. The molecule has 19 heavy (non-hydrogen) atoms. The smallest absolute Gasteiger partial charge is 0.155 e. The van der Waals surface area contributed by atoms with Crippen LogP contribution in [0.4, 0.5) is 15.8 Å². The van der Waals surface area contributed by atoms with Gasteiger partial charge in [0.25, 0.3) is 0 Å². The fourth-order valence-electron chi connectivity index (χ4n) is 2.17. The van der Waals surface area contributed by atoms with Crippen LogP contribution in [0.5, 0.6) is 0 Å². The maximum Gasteiger partial charge on any atom is 0.155 e. The Balaban J connectivity index is 2.54. The highest BCUT2D eigenvalue weighted by molar-refractivity contribution is 5.87. The van der Waals surface area contributed by atoms with Gasteiger partial charge in [-0.1, -0.05) is 18.2 Å². The summed E-state index contributed by atoms with van der Waals surface area (Å²) in [5, 5.41) is 0. The second-order valence-corrected chi connectivity index (χ2v) is 4.37. The summed E-state index contributed by atoms with van der Waals surface area (Å²) in [6.07, 6.45) is 0.573. The van der Waals surface area contributed by atoms with Crippen molar-refractivity contribution in [1.82, 2.24) is 0 Å². The summed E-state index contributed by atoms with van der Waals surface area (Å²) in [5.74, 6) is -0.487. The van der Waals surface area contributed by atoms with Crippen molar-refractivity contribution in [1.29, 1.82) is 0 Å². The van der Waals surface area contributed by atoms with Crippen molar-refractivity contribution < 1.29 is 9.18 Å². The van der Waals surface area contributed by atoms with Crippen molar-refractivity contribution in [2.75, 3.05) is 11.4 Å². The number of hydrogen-bond acceptors (Lipinski definition) is 2. The summed E-state index contributed by atoms with van der Waals surface area (Å²) < 4.78 is 13.7. The van der Waals surface area contributed by atoms with Gasteiger partial charge >= 0.3 is 0 Å². The van der Waals surface area contributed by atoms with Gasteiger partial charge in [0.1, 0.15) is 5.82 Å². The van der Waals surface area contributed by atoms with E-state index in [1.807, 2.05) is 43.0 Å². The van der Waals surface area contributed by atoms with E-state index in [1.54, 1.807) is 12.1 Å². The molecule has 0 N–H and O–H groups in total. The first kappa shape index (κ1) is 13.3. The van der Waals surface area contributed by atoms with Crippen LogP contribution in [0.2, 0.25) is 0 Å². The lowest BCUT2D eigenvalue weighted by molar-refractivity contribution is 0.112. The molecule has 2 aromatic rings. The Morgan fingerprint density at radius 3 is 2.58 bits per heavy atom. The summed E-state index contributed by atoms with van der Waals surface area (Å²) in [5.41, 5.74) is 2.78. The van der Waals surface area contributed by atoms with Crippen molar-refractivity contribution >= 4 is 17.7 Å². The van der Waals surface area contributed by atoms with Gasteiger partial charge in [0.2, 0.25) is 0 Å². The van der Waals surface area contributed by atoms with Crippen LogP contribution in [-0.2, 0) is 0 Å². The number of aldehydes is 1. The number of carbonyl (C=O) groups is 1. The van der Waals surface area contributed by atoms with Gasteiger partial charge in [-0.05, 0) is 43.7 Å². The van der Waals surface area contributed by atoms with Crippen LogP contribution in [0.25, 0.3) is 0 Å². The zero-order chi connectivity index (χ0) is 13.8. The molecule has 2 rings (SSSR count). The molecule has 0 bridgehead atoms. The van der Waals surface area contributed by atoms with Crippen LogP contribution in [0.1, 0.15) is 22.8 Å². The third-order valence-electron chi connectivity index (χ3n) is 3.07. The van der Waals surface area contributed by atoms with Crippen molar-refractivity contribution in [2.45, 2.75) is 13.8 Å². The highest BCUT2D eigenvalue weighted by Crippen LogP contribution is 2.29. The van der Waals surface area contributed by atoms with Gasteiger partial charge < -0.3 is 4.90 Å². The Morgan fingerprint density at radius 2 is 1.95 bits per heavy atom. The van der Waals surface area contributed by atoms with Gasteiger partial charge in [0.15, 0.2) is 6.29 Å². The Kier molecular flexibility index (Phi) is 3.95. The molecular formula is C16H16FNO. The van der Waals surface area contributed by atoms with Gasteiger partial charge in [-0.2, -0.15) is 0 Å². The number of halogens is 1. The molecule has 0 heterocycles. The molecule has 0 unspecified atom stereocenters. The van der Waals surface area contributed by atoms with Crippen LogP contribution in [-0.4, -0.2) is 12.8 Å². The summed E-state index contributed by atoms with van der Waals surface area (Å²) in [6, 6.07) is 12.6. The maximum absolute atomic E-state index is 13.7. The molecule has 0 aliphatic rings. The van der Waals surface area contributed by atoms with Crippen LogP contribution < -0.4 is 4.90 Å². The van der Waals surface area contributed by atoms with Crippen LogP contribution in [0, 0.1) is 12.7 Å². The predicted molar refractivity (Wildman–Crippen MR) is 75.6 cm³/mol. The Hall–Kier alpha value is -2.16. The number of aryl methyl sites for hydroxylation is 1. The molecule has 0 aromatic heterocycles. The lowest BCUT2D eigenvalue weighted by atomic mass is 10.1. The lowest BCUT2D eigenvalue weighted by Crippen LogP contribution is -2.18. The monoisotopic (exact) mass is 257 g/mol. The number of benzene rings is 2. The molecule has 0 amide bonds. The van der Waals surface area contributed by atoms with Crippen molar-refractivity contribution in [3.05, 3.63) is 59.4 Å². The van der Waals surface area contributed by atoms with E-state index in [9.17, 15) is 9.18 Å². The standard InChI is InChI=1S/C16H16FNO/c1-3-18(13-7-4-6-12(2)10-13)16-9-5-8-15(17)14(16)11-19/h4-11H,3H2,1-2H3. The number of rotatable bonds is 4. The average Bonchev–Trinajstić information content (AvgIpc) is 2.40. The highest BCUT2D eigenvalue weighted by atomic mass is 19.1. The lowest BCUT2D eigenvalue weighted by Gasteiger charge is -2.25. The third kappa shape index (κ3) is 2.65. The molecule has 0 aliphatic carbocycles. The molecule has 2 nitrogen and oxygen atoms in total. The first-order valence-corrected chi connectivity index (χ1v) is 6.25. The largest absolute Gasteiger partial charge is 0.341 e. The molecule has 0 saturated carbocycles. The van der Waals surface area contributed by atoms with Gasteiger partial charge in [0.05, 0.1) is 11.3 Å². The summed E-state index contributed by atoms with van der Waals surface area (Å²) in [4.78, 5) is 13.0. The summed E-state index contributed by atoms with van der Waals surface area (Å²) in [7, 11) is 0. The molecule has 0 aliphatic heterocycles. The zero-order valence-corrected chi connectivity index (χ0v) is 11.1. The van der Waals surface area contributed by atoms with Gasteiger partial charge in [-0.15, -0.1) is 0 Å². The number of carbonyl (C=O) groups excluding carboxylic acids is 1. The third-order valence-corrected chi connectivity index (χ3v) is 3.07. The first-order chi connectivity index (χ1) is 9.17. The van der Waals surface area contributed by atoms with E-state index in [0.29, 0.717) is 18.5 Å². The Labute approximate surface area is 112 Å². The van der Waals surface area contributed by atoms with Gasteiger partial charge in [-0.3, -0.25) is 4.79 Å². The van der Waals surface area contributed by atoms with Crippen LogP contribution in [0.3, 0.4) is 0 Å². The van der Waals surface area contributed by atoms with E-state index < -0.39 is 5.82 Å². The molecule has 3 heteroatoms. The zero-order valence-electron chi connectivity index (χ0n) is 11.1. The van der Waals surface area contributed by atoms with Crippen LogP contribution >= 0.6 is 0 Å². The number of anilines is 2. The van der Waals surface area contributed by atoms with E-state index >= 15 is 0 Å². The van der Waals surface area contributed by atoms with E-state index in [1.165, 1.54) is 6.07 Å². The fourth-order valence-corrected chi connectivity index (χ4v) is 2.17. The predicted octanol–water partition coefficient (Wildman–Crippen LogP) is 4.10. The minimum Gasteiger partial charge on any atom is -0.341 e. The summed E-state index contributed by atoms with van der Waals surface area (Å²) in [6.45, 7) is 4.64. The Bertz CT molecular complexity index is 595. The SMILES string of the molecule is CCN(c1cccc(C)c1)c1cccc(F)c1C=O. The van der Waals surface area contributed by atoms with E-state index in [2.05, 4.69) is 0 Å². The summed E-state index contributed by atoms with van der Waals surface area (Å²) >= 11 is 0. The molecule has 98 valence electrons. The van der Waals surface area contributed by atoms with Crippen molar-refractivity contribution in [2.24, 2.45) is 0 Å². The topological polar surface area (TPSA) is 20.3 Å². The fraction of sp³-hybridized carbons (Fsp3) is 0.188. The molecule has 0 saturated heterocycles. The molecular weight excluding hydrogens is 241 g/mol. The van der Waals surface area contributed by atoms with Crippen molar-refractivity contribution in [3.8, 4) is 0 Å². The molecule has 0 spiro atoms. The average molecular weight is 257 g/mol. The van der Waals surface area contributed by atoms with Gasteiger partial charge in [-0.25, -0.2) is 4.39 Å².